The minimum atomic E-state index is -3.65. The Hall–Kier alpha value is -2.19. The smallest absolute Gasteiger partial charge is 0.243 e. The van der Waals surface area contributed by atoms with E-state index in [1.165, 1.54) is 10.4 Å². The largest absolute Gasteiger partial charge is 0.349 e. The summed E-state index contributed by atoms with van der Waals surface area (Å²) in [6, 6.07) is 6.35. The first-order valence-corrected chi connectivity index (χ1v) is 13.7. The number of anilines is 1. The Labute approximate surface area is 204 Å². The van der Waals surface area contributed by atoms with Crippen LogP contribution in [-0.4, -0.2) is 43.7 Å². The fraction of sp³-hybridized carbons (Fsp3) is 0.615. The second-order valence-corrected chi connectivity index (χ2v) is 12.8. The van der Waals surface area contributed by atoms with E-state index in [2.05, 4.69) is 38.0 Å². The van der Waals surface area contributed by atoms with Crippen LogP contribution >= 0.6 is 0 Å². The van der Waals surface area contributed by atoms with Crippen molar-refractivity contribution in [1.82, 2.24) is 9.62 Å². The summed E-state index contributed by atoms with van der Waals surface area (Å²) < 4.78 is 27.8. The minimum absolute atomic E-state index is 0.00590. The maximum absolute atomic E-state index is 13.1. The summed E-state index contributed by atoms with van der Waals surface area (Å²) in [4.78, 5) is 24.5. The number of sulfonamides is 1. The molecular formula is C26H39N3O4S. The van der Waals surface area contributed by atoms with Gasteiger partial charge in [-0.1, -0.05) is 34.3 Å². The van der Waals surface area contributed by atoms with Crippen LogP contribution in [0.3, 0.4) is 0 Å². The molecule has 1 saturated carbocycles. The van der Waals surface area contributed by atoms with Crippen molar-refractivity contribution in [2.75, 3.05) is 18.4 Å². The summed E-state index contributed by atoms with van der Waals surface area (Å²) in [5.74, 6) is 0.409. The zero-order valence-corrected chi connectivity index (χ0v) is 21.7. The molecule has 2 unspecified atom stereocenters. The fourth-order valence-corrected chi connectivity index (χ4v) is 6.66. The first-order valence-electron chi connectivity index (χ1n) is 12.3. The number of piperidine rings is 1. The van der Waals surface area contributed by atoms with Crippen LogP contribution in [0.2, 0.25) is 0 Å². The highest BCUT2D eigenvalue weighted by Gasteiger charge is 2.34. The highest BCUT2D eigenvalue weighted by molar-refractivity contribution is 7.89. The minimum Gasteiger partial charge on any atom is -0.349 e. The van der Waals surface area contributed by atoms with Gasteiger partial charge in [-0.2, -0.15) is 4.31 Å². The molecule has 0 radical (unpaired) electrons. The molecule has 0 bridgehead atoms. The van der Waals surface area contributed by atoms with E-state index in [9.17, 15) is 18.0 Å². The van der Waals surface area contributed by atoms with Crippen LogP contribution in [-0.2, 0) is 19.6 Å². The number of carbonyl (C=O) groups excluding carboxylic acids is 2. The molecule has 3 rings (SSSR count). The van der Waals surface area contributed by atoms with Crippen molar-refractivity contribution in [3.05, 3.63) is 36.9 Å². The SMILES string of the molecule is C=CC(=O)NC1CCN(S(=O)(=O)c2ccc(NC(=O)C3CCC(C(C)(C)C)CC3)cc2)CC1C. The number of nitrogens with one attached hydrogen (secondary N) is 2. The molecule has 0 spiro atoms. The van der Waals surface area contributed by atoms with Crippen LogP contribution in [0, 0.1) is 23.2 Å². The maximum Gasteiger partial charge on any atom is 0.243 e. The molecule has 7 nitrogen and oxygen atoms in total. The second kappa shape index (κ2) is 10.6. The average molecular weight is 490 g/mol. The van der Waals surface area contributed by atoms with Crippen molar-refractivity contribution in [2.45, 2.75) is 70.7 Å². The lowest BCUT2D eigenvalue weighted by Crippen LogP contribution is -2.51. The summed E-state index contributed by atoms with van der Waals surface area (Å²) in [7, 11) is -3.65. The van der Waals surface area contributed by atoms with Gasteiger partial charge in [0.05, 0.1) is 4.90 Å². The van der Waals surface area contributed by atoms with Crippen molar-refractivity contribution in [1.29, 1.82) is 0 Å². The Kier molecular flexibility index (Phi) is 8.24. The van der Waals surface area contributed by atoms with Crippen molar-refractivity contribution < 1.29 is 18.0 Å². The molecule has 1 heterocycles. The average Bonchev–Trinajstić information content (AvgIpc) is 2.80. The molecule has 188 valence electrons. The van der Waals surface area contributed by atoms with Gasteiger partial charge in [-0.15, -0.1) is 0 Å². The molecule has 1 aromatic carbocycles. The highest BCUT2D eigenvalue weighted by Crippen LogP contribution is 2.40. The third-order valence-corrected chi connectivity index (χ3v) is 9.34. The molecule has 2 N–H and O–H groups in total. The van der Waals surface area contributed by atoms with E-state index in [1.54, 1.807) is 24.3 Å². The van der Waals surface area contributed by atoms with E-state index < -0.39 is 10.0 Å². The second-order valence-electron chi connectivity index (χ2n) is 10.9. The summed E-state index contributed by atoms with van der Waals surface area (Å²) in [5, 5.41) is 5.84. The Balaban J connectivity index is 1.57. The Morgan fingerprint density at radius 3 is 2.21 bits per heavy atom. The van der Waals surface area contributed by atoms with Crippen molar-refractivity contribution in [3.63, 3.8) is 0 Å². The molecule has 0 aromatic heterocycles. The number of carbonyl (C=O) groups is 2. The quantitative estimate of drug-likeness (QED) is 0.586. The lowest BCUT2D eigenvalue weighted by Gasteiger charge is -2.36. The summed E-state index contributed by atoms with van der Waals surface area (Å²) in [6.45, 7) is 12.9. The van der Waals surface area contributed by atoms with Crippen molar-refractivity contribution in [2.24, 2.45) is 23.2 Å². The number of hydrogen-bond donors (Lipinski definition) is 2. The number of rotatable bonds is 6. The highest BCUT2D eigenvalue weighted by atomic mass is 32.2. The van der Waals surface area contributed by atoms with Crippen LogP contribution in [0.15, 0.2) is 41.8 Å². The fourth-order valence-electron chi connectivity index (χ4n) is 5.11. The Bertz CT molecular complexity index is 990. The van der Waals surface area contributed by atoms with Gasteiger partial charge in [0, 0.05) is 30.7 Å². The van der Waals surface area contributed by atoms with E-state index in [0.717, 1.165) is 25.7 Å². The summed E-state index contributed by atoms with van der Waals surface area (Å²) >= 11 is 0. The van der Waals surface area contributed by atoms with E-state index in [-0.39, 0.29) is 40.0 Å². The molecular weight excluding hydrogens is 450 g/mol. The molecule has 1 aromatic rings. The van der Waals surface area contributed by atoms with Gasteiger partial charge in [-0.25, -0.2) is 8.42 Å². The number of hydrogen-bond acceptors (Lipinski definition) is 4. The number of amides is 2. The molecule has 2 amide bonds. The Morgan fingerprint density at radius 1 is 1.06 bits per heavy atom. The predicted molar refractivity (Wildman–Crippen MR) is 135 cm³/mol. The van der Waals surface area contributed by atoms with E-state index in [1.807, 2.05) is 6.92 Å². The molecule has 34 heavy (non-hydrogen) atoms. The van der Waals surface area contributed by atoms with Crippen LogP contribution < -0.4 is 10.6 Å². The van der Waals surface area contributed by atoms with E-state index in [0.29, 0.717) is 31.1 Å². The summed E-state index contributed by atoms with van der Waals surface area (Å²) in [6.07, 6.45) is 5.68. The van der Waals surface area contributed by atoms with Crippen LogP contribution in [0.4, 0.5) is 5.69 Å². The third kappa shape index (κ3) is 6.27. The van der Waals surface area contributed by atoms with E-state index in [4.69, 9.17) is 0 Å². The molecule has 2 aliphatic rings. The van der Waals surface area contributed by atoms with Crippen LogP contribution in [0.5, 0.6) is 0 Å². The van der Waals surface area contributed by atoms with Crippen LogP contribution in [0.25, 0.3) is 0 Å². The zero-order chi connectivity index (χ0) is 25.1. The molecule has 2 fully saturated rings. The molecule has 1 aliphatic heterocycles. The monoisotopic (exact) mass is 489 g/mol. The standard InChI is InChI=1S/C26H39N3O4S/c1-6-24(30)28-23-15-16-29(17-18(23)2)34(32,33)22-13-11-21(12-14-22)27-25(31)19-7-9-20(10-8-19)26(3,4)5/h6,11-14,18-20,23H,1,7-10,15-17H2,2-5H3,(H,27,31)(H,28,30). The van der Waals surface area contributed by atoms with Gasteiger partial charge >= 0.3 is 0 Å². The Morgan fingerprint density at radius 2 is 1.68 bits per heavy atom. The first kappa shape index (κ1) is 26.4. The number of nitrogens with zero attached hydrogens (tertiary/aromatic N) is 1. The van der Waals surface area contributed by atoms with Gasteiger partial charge in [0.15, 0.2) is 0 Å². The van der Waals surface area contributed by atoms with Crippen molar-refractivity contribution in [3.8, 4) is 0 Å². The van der Waals surface area contributed by atoms with E-state index >= 15 is 0 Å². The van der Waals surface area contributed by atoms with Gasteiger partial charge in [0.1, 0.15) is 0 Å². The van der Waals surface area contributed by atoms with Gasteiger partial charge in [-0.05, 0) is 79.7 Å². The molecule has 2 atom stereocenters. The van der Waals surface area contributed by atoms with Crippen molar-refractivity contribution >= 4 is 27.5 Å². The normalized spacial score (nSPS) is 26.5. The van der Waals surface area contributed by atoms with Crippen LogP contribution in [0.1, 0.15) is 59.8 Å². The van der Waals surface area contributed by atoms with Gasteiger partial charge in [0.2, 0.25) is 21.8 Å². The molecule has 1 aliphatic carbocycles. The maximum atomic E-state index is 13.1. The third-order valence-electron chi connectivity index (χ3n) is 7.46. The van der Waals surface area contributed by atoms with Gasteiger partial charge in [-0.3, -0.25) is 9.59 Å². The number of benzene rings is 1. The topological polar surface area (TPSA) is 95.6 Å². The lowest BCUT2D eigenvalue weighted by molar-refractivity contribution is -0.121. The van der Waals surface area contributed by atoms with Gasteiger partial charge in [0.25, 0.3) is 0 Å². The molecule has 8 heteroatoms. The lowest BCUT2D eigenvalue weighted by atomic mass is 9.69. The predicted octanol–water partition coefficient (Wildman–Crippen LogP) is 4.18. The first-order chi connectivity index (χ1) is 15.9. The van der Waals surface area contributed by atoms with Gasteiger partial charge < -0.3 is 10.6 Å². The summed E-state index contributed by atoms with van der Waals surface area (Å²) in [5.41, 5.74) is 0.885. The zero-order valence-electron chi connectivity index (χ0n) is 20.8. The molecule has 1 saturated heterocycles.